The summed E-state index contributed by atoms with van der Waals surface area (Å²) in [6.07, 6.45) is 5.45. The van der Waals surface area contributed by atoms with Crippen LogP contribution in [-0.4, -0.2) is 29.7 Å². The normalized spacial score (nSPS) is 48.7. The van der Waals surface area contributed by atoms with Crippen molar-refractivity contribution in [2.45, 2.75) is 78.4 Å². The summed E-state index contributed by atoms with van der Waals surface area (Å²) in [5.74, 6) is 0.661. The van der Waals surface area contributed by atoms with Crippen molar-refractivity contribution in [1.29, 1.82) is 0 Å². The van der Waals surface area contributed by atoms with E-state index in [0.717, 1.165) is 37.0 Å². The average molecular weight is 318 g/mol. The fraction of sp³-hybridized carbons (Fsp3) is 0.850. The maximum absolute atomic E-state index is 13.0. The van der Waals surface area contributed by atoms with Gasteiger partial charge in [0.1, 0.15) is 0 Å². The lowest BCUT2D eigenvalue weighted by molar-refractivity contribution is -0.124. The summed E-state index contributed by atoms with van der Waals surface area (Å²) in [4.78, 5) is 13.0. The zero-order valence-corrected chi connectivity index (χ0v) is 14.9. The van der Waals surface area contributed by atoms with Gasteiger partial charge in [-0.05, 0) is 53.6 Å². The molecule has 1 saturated heterocycles. The Bertz CT molecular complexity index is 586. The lowest BCUT2D eigenvalue weighted by Gasteiger charge is -2.57. The Morgan fingerprint density at radius 1 is 1.17 bits per heavy atom. The Balaban J connectivity index is 1.80. The van der Waals surface area contributed by atoms with Gasteiger partial charge in [-0.25, -0.2) is 0 Å². The van der Waals surface area contributed by atoms with Crippen LogP contribution in [0.3, 0.4) is 0 Å². The van der Waals surface area contributed by atoms with Crippen molar-refractivity contribution in [3.05, 3.63) is 11.1 Å². The molecule has 0 aromatic carbocycles. The molecule has 0 aromatic rings. The fourth-order valence-electron chi connectivity index (χ4n) is 6.24. The van der Waals surface area contributed by atoms with Crippen LogP contribution in [0.15, 0.2) is 11.1 Å². The molecule has 3 aliphatic carbocycles. The number of aliphatic hydroxyl groups is 1. The minimum atomic E-state index is -0.474. The van der Waals surface area contributed by atoms with Crippen LogP contribution in [-0.2, 0) is 9.53 Å². The molecular formula is C20H30O3. The lowest BCUT2D eigenvalue weighted by Crippen LogP contribution is -2.52. The van der Waals surface area contributed by atoms with E-state index in [1.54, 1.807) is 0 Å². The van der Waals surface area contributed by atoms with Gasteiger partial charge in [-0.1, -0.05) is 34.1 Å². The van der Waals surface area contributed by atoms with E-state index < -0.39 is 6.10 Å². The molecule has 1 heterocycles. The zero-order valence-electron chi connectivity index (χ0n) is 14.9. The van der Waals surface area contributed by atoms with E-state index in [-0.39, 0.29) is 22.3 Å². The summed E-state index contributed by atoms with van der Waals surface area (Å²) < 4.78 is 5.53. The van der Waals surface area contributed by atoms with Gasteiger partial charge in [0, 0.05) is 11.8 Å². The van der Waals surface area contributed by atoms with Gasteiger partial charge < -0.3 is 9.84 Å². The number of carbonyl (C=O) groups is 1. The SMILES string of the molecule is CC1(C)CCC[C@]2(C)C3=C(C[C@@](C)([C@@H]4CO4)C[C@@H]3O)C(=O)C[C@@H]12. The number of hydrogen-bond acceptors (Lipinski definition) is 3. The quantitative estimate of drug-likeness (QED) is 0.751. The molecule has 1 aliphatic heterocycles. The second-order valence-electron chi connectivity index (χ2n) is 9.70. The molecule has 128 valence electrons. The highest BCUT2D eigenvalue weighted by molar-refractivity contribution is 5.98. The van der Waals surface area contributed by atoms with Crippen LogP contribution < -0.4 is 0 Å². The maximum Gasteiger partial charge on any atom is 0.159 e. The van der Waals surface area contributed by atoms with Crippen molar-refractivity contribution < 1.29 is 14.6 Å². The molecule has 1 N–H and O–H groups in total. The van der Waals surface area contributed by atoms with Crippen molar-refractivity contribution in [3.63, 3.8) is 0 Å². The summed E-state index contributed by atoms with van der Waals surface area (Å²) in [5.41, 5.74) is 2.17. The molecule has 3 nitrogen and oxygen atoms in total. The molecule has 23 heavy (non-hydrogen) atoms. The molecule has 0 spiro atoms. The zero-order chi connectivity index (χ0) is 16.6. The van der Waals surface area contributed by atoms with Gasteiger partial charge >= 0.3 is 0 Å². The molecule has 2 fully saturated rings. The van der Waals surface area contributed by atoms with Gasteiger partial charge in [-0.15, -0.1) is 0 Å². The van der Waals surface area contributed by atoms with Crippen LogP contribution in [0.4, 0.5) is 0 Å². The third-order valence-electron chi connectivity index (χ3n) is 7.58. The van der Waals surface area contributed by atoms with Crippen molar-refractivity contribution in [2.24, 2.45) is 22.2 Å². The molecule has 4 rings (SSSR count). The molecule has 3 heteroatoms. The number of Topliss-reactive ketones (excluding diaryl/α,β-unsaturated/α-hetero) is 1. The van der Waals surface area contributed by atoms with Gasteiger partial charge in [0.25, 0.3) is 0 Å². The molecule has 5 atom stereocenters. The summed E-state index contributed by atoms with van der Waals surface area (Å²) in [6, 6.07) is 0. The van der Waals surface area contributed by atoms with E-state index in [0.29, 0.717) is 18.1 Å². The number of carbonyl (C=O) groups excluding carboxylic acids is 1. The fourth-order valence-corrected chi connectivity index (χ4v) is 6.24. The lowest BCUT2D eigenvalue weighted by atomic mass is 9.47. The molecule has 0 amide bonds. The number of ether oxygens (including phenoxy) is 1. The van der Waals surface area contributed by atoms with Crippen molar-refractivity contribution in [2.75, 3.05) is 6.61 Å². The van der Waals surface area contributed by atoms with E-state index in [4.69, 9.17) is 4.74 Å². The molecule has 0 unspecified atom stereocenters. The highest BCUT2D eigenvalue weighted by atomic mass is 16.6. The van der Waals surface area contributed by atoms with E-state index in [1.807, 2.05) is 0 Å². The first-order valence-corrected chi connectivity index (χ1v) is 9.24. The largest absolute Gasteiger partial charge is 0.389 e. The third kappa shape index (κ3) is 2.19. The smallest absolute Gasteiger partial charge is 0.159 e. The monoisotopic (exact) mass is 318 g/mol. The number of ketones is 1. The second-order valence-corrected chi connectivity index (χ2v) is 9.70. The average Bonchev–Trinajstić information content (AvgIpc) is 3.25. The first-order valence-electron chi connectivity index (χ1n) is 9.24. The number of allylic oxidation sites excluding steroid dienone is 1. The van der Waals surface area contributed by atoms with Gasteiger partial charge in [-0.3, -0.25) is 4.79 Å². The number of fused-ring (bicyclic) bond motifs is 2. The van der Waals surface area contributed by atoms with Gasteiger partial charge in [0.05, 0.1) is 18.8 Å². The van der Waals surface area contributed by atoms with E-state index >= 15 is 0 Å². The Morgan fingerprint density at radius 3 is 2.52 bits per heavy atom. The van der Waals surface area contributed by atoms with Crippen molar-refractivity contribution >= 4 is 5.78 Å². The highest BCUT2D eigenvalue weighted by Gasteiger charge is 2.58. The molecular weight excluding hydrogens is 288 g/mol. The minimum Gasteiger partial charge on any atom is -0.389 e. The molecule has 1 saturated carbocycles. The second kappa shape index (κ2) is 4.70. The summed E-state index contributed by atoms with van der Waals surface area (Å²) in [5, 5.41) is 11.0. The van der Waals surface area contributed by atoms with Gasteiger partial charge in [0.2, 0.25) is 0 Å². The molecule has 4 aliphatic rings. The minimum absolute atomic E-state index is 0.00382. The van der Waals surface area contributed by atoms with Gasteiger partial charge in [0.15, 0.2) is 5.78 Å². The number of aliphatic hydroxyl groups excluding tert-OH is 1. The van der Waals surface area contributed by atoms with E-state index in [2.05, 4.69) is 27.7 Å². The Morgan fingerprint density at radius 2 is 1.87 bits per heavy atom. The molecule has 0 bridgehead atoms. The maximum atomic E-state index is 13.0. The molecule has 0 radical (unpaired) electrons. The standard InChI is InChI=1S/C20H30O3/c1-18(2)6-5-7-20(4)15(18)8-13(21)12-9-19(3,16-11-23-16)10-14(22)17(12)20/h14-16,22H,5-11H2,1-4H3/t14-,15-,16-,19+,20-/m0/s1. The topological polar surface area (TPSA) is 49.8 Å². The first kappa shape index (κ1) is 15.8. The van der Waals surface area contributed by atoms with Crippen molar-refractivity contribution in [3.8, 4) is 0 Å². The van der Waals surface area contributed by atoms with Crippen LogP contribution in [0.5, 0.6) is 0 Å². The van der Waals surface area contributed by atoms with Gasteiger partial charge in [-0.2, -0.15) is 0 Å². The molecule has 0 aromatic heterocycles. The number of hydrogen-bond donors (Lipinski definition) is 1. The summed E-state index contributed by atoms with van der Waals surface area (Å²) >= 11 is 0. The van der Waals surface area contributed by atoms with Crippen LogP contribution in [0.2, 0.25) is 0 Å². The van der Waals surface area contributed by atoms with Crippen LogP contribution in [0.1, 0.15) is 66.2 Å². The predicted molar refractivity (Wildman–Crippen MR) is 89.0 cm³/mol. The Kier molecular flexibility index (Phi) is 3.23. The number of rotatable bonds is 1. The summed E-state index contributed by atoms with van der Waals surface area (Å²) in [6.45, 7) is 9.91. The summed E-state index contributed by atoms with van der Waals surface area (Å²) in [7, 11) is 0. The van der Waals surface area contributed by atoms with Crippen LogP contribution in [0, 0.1) is 22.2 Å². The van der Waals surface area contributed by atoms with E-state index in [1.165, 1.54) is 12.8 Å². The van der Waals surface area contributed by atoms with Crippen LogP contribution >= 0.6 is 0 Å². The third-order valence-corrected chi connectivity index (χ3v) is 7.58. The van der Waals surface area contributed by atoms with Crippen molar-refractivity contribution in [1.82, 2.24) is 0 Å². The Labute approximate surface area is 139 Å². The first-order chi connectivity index (χ1) is 10.7. The number of epoxide rings is 1. The van der Waals surface area contributed by atoms with Crippen LogP contribution in [0.25, 0.3) is 0 Å². The predicted octanol–water partition coefficient (Wildman–Crippen LogP) is 3.65. The van der Waals surface area contributed by atoms with E-state index in [9.17, 15) is 9.90 Å². The Hall–Kier alpha value is -0.670. The highest BCUT2D eigenvalue weighted by Crippen LogP contribution is 2.62.